The van der Waals surface area contributed by atoms with Gasteiger partial charge in [0.15, 0.2) is 0 Å². The first-order chi connectivity index (χ1) is 49.5. The van der Waals surface area contributed by atoms with Crippen molar-refractivity contribution in [3.63, 3.8) is 0 Å². The van der Waals surface area contributed by atoms with E-state index in [2.05, 4.69) is 177 Å². The van der Waals surface area contributed by atoms with Gasteiger partial charge in [0.1, 0.15) is 19.0 Å². The summed E-state index contributed by atoms with van der Waals surface area (Å²) < 4.78 is 14.1. The molecular formula is C94H122Br2O9. The minimum atomic E-state index is -0.616. The molecule has 11 heteroatoms. The number of halogens is 2. The summed E-state index contributed by atoms with van der Waals surface area (Å²) in [5, 5.41) is 30.4. The first-order valence-corrected chi connectivity index (χ1v) is 41.6. The summed E-state index contributed by atoms with van der Waals surface area (Å²) in [7, 11) is 0. The molecule has 0 saturated heterocycles. The van der Waals surface area contributed by atoms with E-state index < -0.39 is 33.6 Å². The zero-order valence-corrected chi connectivity index (χ0v) is 69.4. The number of carbonyl (C=O) groups is 4. The molecule has 105 heavy (non-hydrogen) atoms. The Morgan fingerprint density at radius 2 is 0.705 bits per heavy atom. The largest absolute Gasteiger partial charge is 0.508 e. The molecule has 0 bridgehead atoms. The number of hydrogen-bond donors (Lipinski definition) is 3. The summed E-state index contributed by atoms with van der Waals surface area (Å²) in [6.07, 6.45) is 20.0. The van der Waals surface area contributed by atoms with E-state index in [1.165, 1.54) is 70.1 Å². The number of hydrogen-bond acceptors (Lipinski definition) is 7. The van der Waals surface area contributed by atoms with Gasteiger partial charge in [0.05, 0.1) is 21.7 Å². The third-order valence-corrected chi connectivity index (χ3v) is 30.1. The van der Waals surface area contributed by atoms with Gasteiger partial charge in [-0.15, -0.1) is 0 Å². The number of rotatable bonds is 12. The first kappa shape index (κ1) is 80.0. The average molecular weight is 1560 g/mol. The molecule has 4 fully saturated rings. The smallest absolute Gasteiger partial charge is 0.312 e. The molecule has 8 aliphatic rings. The second-order valence-corrected chi connectivity index (χ2v) is 38.2. The highest BCUT2D eigenvalue weighted by molar-refractivity contribution is 9.10. The number of aryl methyl sites for hydroxylation is 4. The summed E-state index contributed by atoms with van der Waals surface area (Å²) in [4.78, 5) is 50.6. The minimum Gasteiger partial charge on any atom is -0.508 e. The summed E-state index contributed by atoms with van der Waals surface area (Å²) in [5.41, 5.74) is 16.3. The Labute approximate surface area is 646 Å². The maximum Gasteiger partial charge on any atom is 0.312 e. The van der Waals surface area contributed by atoms with Crippen LogP contribution in [-0.2, 0) is 89.2 Å². The van der Waals surface area contributed by atoms with Crippen LogP contribution in [0.5, 0.6) is 5.75 Å². The third kappa shape index (κ3) is 15.0. The van der Waals surface area contributed by atoms with Gasteiger partial charge < -0.3 is 24.8 Å². The van der Waals surface area contributed by atoms with Crippen molar-refractivity contribution in [2.45, 2.75) is 298 Å². The Morgan fingerprint density at radius 3 is 1.05 bits per heavy atom. The molecule has 566 valence electrons. The summed E-state index contributed by atoms with van der Waals surface area (Å²) in [6, 6.07) is 40.4. The molecule has 0 amide bonds. The van der Waals surface area contributed by atoms with Crippen molar-refractivity contribution in [2.24, 2.45) is 45.3 Å². The van der Waals surface area contributed by atoms with Crippen LogP contribution in [0.2, 0.25) is 0 Å². The number of carboxylic acids is 2. The molecule has 0 heterocycles. The second-order valence-electron chi connectivity index (χ2n) is 36.5. The van der Waals surface area contributed by atoms with Crippen LogP contribution >= 0.6 is 31.9 Å². The Morgan fingerprint density at radius 1 is 0.390 bits per heavy atom. The van der Waals surface area contributed by atoms with E-state index in [9.17, 15) is 34.5 Å². The van der Waals surface area contributed by atoms with E-state index in [1.54, 1.807) is 0 Å². The van der Waals surface area contributed by atoms with Crippen molar-refractivity contribution >= 4 is 55.7 Å². The van der Waals surface area contributed by atoms with Gasteiger partial charge in [-0.2, -0.15) is 0 Å². The molecular weight excluding hydrogens is 1430 g/mol. The number of aliphatic carboxylic acids is 2. The van der Waals surface area contributed by atoms with Gasteiger partial charge in [-0.05, 0) is 296 Å². The topological polar surface area (TPSA) is 147 Å². The highest BCUT2D eigenvalue weighted by atomic mass is 79.9. The fourth-order valence-corrected chi connectivity index (χ4v) is 24.1. The molecule has 4 saturated carbocycles. The van der Waals surface area contributed by atoms with Crippen molar-refractivity contribution in [1.82, 2.24) is 0 Å². The predicted molar refractivity (Wildman–Crippen MR) is 431 cm³/mol. The van der Waals surface area contributed by atoms with E-state index in [4.69, 9.17) is 9.47 Å². The highest BCUT2D eigenvalue weighted by Crippen LogP contribution is 2.63. The molecule has 6 aromatic rings. The Kier molecular flexibility index (Phi) is 23.7. The molecule has 9 nitrogen and oxygen atoms in total. The molecule has 6 aromatic carbocycles. The third-order valence-electron chi connectivity index (χ3n) is 28.7. The minimum absolute atomic E-state index is 0.0169. The van der Waals surface area contributed by atoms with Crippen LogP contribution in [-0.4, -0.2) is 39.2 Å². The number of benzene rings is 6. The van der Waals surface area contributed by atoms with Crippen LogP contribution in [0, 0.1) is 45.3 Å². The van der Waals surface area contributed by atoms with E-state index >= 15 is 0 Å². The predicted octanol–water partition coefficient (Wildman–Crippen LogP) is 24.2. The van der Waals surface area contributed by atoms with Crippen molar-refractivity contribution < 1.29 is 44.0 Å². The van der Waals surface area contributed by atoms with E-state index in [1.807, 2.05) is 80.6 Å². The zero-order valence-electron chi connectivity index (χ0n) is 66.2. The first-order valence-electron chi connectivity index (χ1n) is 40.0. The second kappa shape index (κ2) is 31.1. The average Bonchev–Trinajstić information content (AvgIpc) is 0.740. The molecule has 14 rings (SSSR count). The number of phenols is 1. The maximum absolute atomic E-state index is 13.4. The van der Waals surface area contributed by atoms with Crippen molar-refractivity contribution in [2.75, 3.05) is 0 Å². The van der Waals surface area contributed by atoms with Gasteiger partial charge in [-0.3, -0.25) is 19.2 Å². The summed E-state index contributed by atoms with van der Waals surface area (Å²) in [6.45, 7) is 35.9. The Balaban J connectivity index is 0.000000141. The highest BCUT2D eigenvalue weighted by Gasteiger charge is 2.60. The number of aromatic hydroxyl groups is 1. The van der Waals surface area contributed by atoms with Gasteiger partial charge in [0, 0.05) is 8.95 Å². The molecule has 12 atom stereocenters. The monoisotopic (exact) mass is 1550 g/mol. The van der Waals surface area contributed by atoms with Crippen molar-refractivity contribution in [3.05, 3.63) is 202 Å². The molecule has 3 N–H and O–H groups in total. The van der Waals surface area contributed by atoms with Gasteiger partial charge in [0.25, 0.3) is 0 Å². The van der Waals surface area contributed by atoms with Crippen molar-refractivity contribution in [3.8, 4) is 5.75 Å². The molecule has 0 spiro atoms. The van der Waals surface area contributed by atoms with Crippen LogP contribution in [0.15, 0.2) is 124 Å². The van der Waals surface area contributed by atoms with E-state index in [-0.39, 0.29) is 51.4 Å². The number of fused-ring (bicyclic) bond motifs is 12. The van der Waals surface area contributed by atoms with Crippen LogP contribution in [0.3, 0.4) is 0 Å². The zero-order chi connectivity index (χ0) is 76.1. The standard InChI is InChI=1S/C27H33BrO2.C27H34O3.C20H27BrO2.C20H28O2/c2*1-18(2)21-15-20-11-12-24-26(3,22(20)16-23(21)28)13-8-14-27(24,4)25(29)30-17-19-9-6-5-7-10-19;1-12(2)14-10-13-6-7-17-19(3,15(13)11-16(14)21)8-5-9-20(17,4)18(22)23;1-13(2)14-6-8-16-15(12-14)7-9-17-19(16,3)10-5-11-20(17,4)18(21)22/h5-7,9-10,15-16,18,24H,8,11-14,17H2,1-4H3;5-7,9-10,15-16,18,24,28H,8,11-14,17H2,1-4H3;10-12,17H,5-9H2,1-4H3,(H,22,23);6,8,12-13,17H,5,7,9-11H2,1-4H3,(H,21,22). The lowest BCUT2D eigenvalue weighted by Gasteiger charge is -2.54. The van der Waals surface area contributed by atoms with Crippen molar-refractivity contribution in [1.29, 1.82) is 0 Å². The van der Waals surface area contributed by atoms with Gasteiger partial charge in [0.2, 0.25) is 0 Å². The lowest BCUT2D eigenvalue weighted by atomic mass is 9.49. The quantitative estimate of drug-likeness (QED) is 0.102. The Bertz CT molecular complexity index is 4020. The van der Waals surface area contributed by atoms with Gasteiger partial charge in [-0.25, -0.2) is 0 Å². The SMILES string of the molecule is CC(C)c1cc2c(cc1Br)C1(C)CCCC(C)(C(=O)O)C1CC2.CC(C)c1cc2c(cc1Br)C1(C)CCCC(C)(C(=O)OCc3ccccc3)C1CC2.CC(C)c1cc2c(cc1O)C1(C)CCCC(C)(C(=O)OCc3ccccc3)C1CC2.CC(C)c1ccc2c(c1)CCC1C(C)(C(=O)O)CCCC21C. The van der Waals surface area contributed by atoms with Crippen LogP contribution < -0.4 is 0 Å². The normalized spacial score (nSPS) is 30.4. The van der Waals surface area contributed by atoms with Crippen LogP contribution in [0.25, 0.3) is 0 Å². The fourth-order valence-electron chi connectivity index (χ4n) is 22.5. The number of carboxylic acid groups (broad SMARTS) is 2. The molecule has 8 aliphatic carbocycles. The lowest BCUT2D eigenvalue weighted by Crippen LogP contribution is -2.52. The number of esters is 2. The maximum atomic E-state index is 13.4. The summed E-state index contributed by atoms with van der Waals surface area (Å²) >= 11 is 7.59. The van der Waals surface area contributed by atoms with E-state index in [0.717, 1.165) is 145 Å². The fraction of sp³-hybridized carbons (Fsp3) is 0.574. The van der Waals surface area contributed by atoms with Crippen LogP contribution in [0.1, 0.15) is 315 Å². The van der Waals surface area contributed by atoms with Gasteiger partial charge in [-0.1, -0.05) is 238 Å². The number of ether oxygens (including phenoxy) is 2. The number of carbonyl (C=O) groups excluding carboxylic acids is 2. The summed E-state index contributed by atoms with van der Waals surface area (Å²) in [5.74, 6) is 1.93. The van der Waals surface area contributed by atoms with E-state index in [0.29, 0.717) is 48.6 Å². The number of phenolic OH excluding ortho intramolecular Hbond substituents is 1. The van der Waals surface area contributed by atoms with Gasteiger partial charge >= 0.3 is 23.9 Å². The molecule has 0 radical (unpaired) electrons. The van der Waals surface area contributed by atoms with Crippen LogP contribution in [0.4, 0.5) is 0 Å². The molecule has 0 aliphatic heterocycles. The molecule has 12 unspecified atom stereocenters. The Hall–Kier alpha value is -6.04. The lowest BCUT2D eigenvalue weighted by molar-refractivity contribution is -0.166. The molecule has 0 aromatic heterocycles.